The number of nitrogens with one attached hydrogen (secondary N) is 3. The average Bonchev–Trinajstić information content (AvgIpc) is 2.81. The fraction of sp³-hybridized carbons (Fsp3) is 0.267. The zero-order valence-electron chi connectivity index (χ0n) is 12.5. The average molecular weight is 302 g/mol. The molecule has 1 aromatic carbocycles. The summed E-state index contributed by atoms with van der Waals surface area (Å²) in [5, 5.41) is 8.97. The van der Waals surface area contributed by atoms with E-state index in [2.05, 4.69) is 20.7 Å². The predicted molar refractivity (Wildman–Crippen MR) is 83.2 cm³/mol. The molecule has 0 unspecified atom stereocenters. The second kappa shape index (κ2) is 7.26. The van der Waals surface area contributed by atoms with E-state index in [-0.39, 0.29) is 17.9 Å². The number of amides is 1. The minimum atomic E-state index is -0.351. The van der Waals surface area contributed by atoms with Crippen LogP contribution in [0.3, 0.4) is 0 Å². The number of H-pyrrole nitrogens is 2. The molecule has 0 fully saturated rings. The Kier molecular flexibility index (Phi) is 5.13. The molecule has 7 nitrogen and oxygen atoms in total. The maximum atomic E-state index is 11.7. The molecule has 0 radical (unpaired) electrons. The Balaban J connectivity index is 1.89. The van der Waals surface area contributed by atoms with Gasteiger partial charge in [0.2, 0.25) is 5.91 Å². The topological polar surface area (TPSA) is 99.3 Å². The largest absolute Gasteiger partial charge is 0.494 e. The first-order valence-corrected chi connectivity index (χ1v) is 6.91. The highest BCUT2D eigenvalue weighted by molar-refractivity contribution is 5.83. The Hall–Kier alpha value is -2.83. The number of hydrogen-bond acceptors (Lipinski definition) is 4. The number of benzene rings is 1. The molecule has 2 rings (SSSR count). The van der Waals surface area contributed by atoms with Crippen LogP contribution in [0.2, 0.25) is 0 Å². The number of nitrogens with zero attached hydrogens (tertiary/aromatic N) is 1. The summed E-state index contributed by atoms with van der Waals surface area (Å²) >= 11 is 0. The Morgan fingerprint density at radius 2 is 2.05 bits per heavy atom. The molecule has 3 N–H and O–H groups in total. The molecule has 0 atom stereocenters. The maximum absolute atomic E-state index is 11.7. The summed E-state index contributed by atoms with van der Waals surface area (Å²) in [6, 6.07) is 7.33. The molecule has 116 valence electrons. The van der Waals surface area contributed by atoms with Gasteiger partial charge >= 0.3 is 0 Å². The summed E-state index contributed by atoms with van der Waals surface area (Å²) in [5.41, 5.74) is 4.00. The van der Waals surface area contributed by atoms with Crippen LogP contribution in [-0.4, -0.2) is 28.9 Å². The highest BCUT2D eigenvalue weighted by Crippen LogP contribution is 2.10. The molecule has 22 heavy (non-hydrogen) atoms. The van der Waals surface area contributed by atoms with Crippen LogP contribution in [0.1, 0.15) is 23.7 Å². The van der Waals surface area contributed by atoms with Gasteiger partial charge in [-0.05, 0) is 43.7 Å². The van der Waals surface area contributed by atoms with Gasteiger partial charge in [0, 0.05) is 11.3 Å². The van der Waals surface area contributed by atoms with E-state index >= 15 is 0 Å². The Bertz CT molecular complexity index is 713. The molecule has 0 aliphatic carbocycles. The first kappa shape index (κ1) is 15.6. The van der Waals surface area contributed by atoms with Crippen molar-refractivity contribution in [3.8, 4) is 5.75 Å². The Labute approximate surface area is 127 Å². The molecule has 1 amide bonds. The first-order chi connectivity index (χ1) is 10.6. The van der Waals surface area contributed by atoms with E-state index in [1.54, 1.807) is 6.92 Å². The third-order valence-electron chi connectivity index (χ3n) is 3.02. The molecule has 1 heterocycles. The minimum absolute atomic E-state index is 0.0225. The quantitative estimate of drug-likeness (QED) is 0.550. The van der Waals surface area contributed by atoms with Crippen molar-refractivity contribution >= 4 is 12.1 Å². The van der Waals surface area contributed by atoms with Crippen LogP contribution in [0, 0.1) is 6.92 Å². The van der Waals surface area contributed by atoms with Crippen molar-refractivity contribution in [2.24, 2.45) is 5.10 Å². The zero-order chi connectivity index (χ0) is 15.9. The van der Waals surface area contributed by atoms with Crippen molar-refractivity contribution in [1.82, 2.24) is 15.6 Å². The summed E-state index contributed by atoms with van der Waals surface area (Å²) in [6.07, 6.45) is 1.51. The fourth-order valence-electron chi connectivity index (χ4n) is 1.88. The van der Waals surface area contributed by atoms with Crippen LogP contribution in [-0.2, 0) is 11.2 Å². The molecule has 1 aromatic heterocycles. The molecule has 0 aliphatic rings. The molecule has 2 aromatic rings. The standard InChI is InChI=1S/C15H18N4O3/c1-3-22-12-6-4-11(5-7-12)9-16-18-14(20)8-13-10(2)17-19-15(13)21/h4-7,9H,3,8H2,1-2H3,(H,18,20)(H2,17,19,21). The van der Waals surface area contributed by atoms with Gasteiger partial charge in [0.25, 0.3) is 5.56 Å². The minimum Gasteiger partial charge on any atom is -0.494 e. The summed E-state index contributed by atoms with van der Waals surface area (Å²) in [4.78, 5) is 23.2. The summed E-state index contributed by atoms with van der Waals surface area (Å²) in [6.45, 7) is 4.26. The number of rotatable bonds is 6. The van der Waals surface area contributed by atoms with Crippen LogP contribution >= 0.6 is 0 Å². The van der Waals surface area contributed by atoms with Crippen molar-refractivity contribution in [2.75, 3.05) is 6.61 Å². The van der Waals surface area contributed by atoms with E-state index in [1.807, 2.05) is 31.2 Å². The Morgan fingerprint density at radius 3 is 2.64 bits per heavy atom. The fourth-order valence-corrected chi connectivity index (χ4v) is 1.88. The number of carbonyl (C=O) groups is 1. The van der Waals surface area contributed by atoms with Crippen molar-refractivity contribution in [3.63, 3.8) is 0 Å². The lowest BCUT2D eigenvalue weighted by atomic mass is 10.2. The Morgan fingerprint density at radius 1 is 1.32 bits per heavy atom. The van der Waals surface area contributed by atoms with E-state index in [9.17, 15) is 9.59 Å². The highest BCUT2D eigenvalue weighted by Gasteiger charge is 2.10. The van der Waals surface area contributed by atoms with Gasteiger partial charge in [-0.3, -0.25) is 14.7 Å². The third-order valence-corrected chi connectivity index (χ3v) is 3.02. The van der Waals surface area contributed by atoms with Gasteiger partial charge in [0.1, 0.15) is 5.75 Å². The predicted octanol–water partition coefficient (Wildman–Crippen LogP) is 1.10. The van der Waals surface area contributed by atoms with Gasteiger partial charge in [-0.1, -0.05) is 0 Å². The van der Waals surface area contributed by atoms with Gasteiger partial charge in [-0.2, -0.15) is 5.10 Å². The lowest BCUT2D eigenvalue weighted by Gasteiger charge is -2.02. The van der Waals surface area contributed by atoms with E-state index in [0.717, 1.165) is 11.3 Å². The second-order valence-corrected chi connectivity index (χ2v) is 4.65. The van der Waals surface area contributed by atoms with Crippen molar-refractivity contribution < 1.29 is 9.53 Å². The molecular formula is C15H18N4O3. The zero-order valence-corrected chi connectivity index (χ0v) is 12.5. The van der Waals surface area contributed by atoms with Crippen molar-refractivity contribution in [1.29, 1.82) is 0 Å². The van der Waals surface area contributed by atoms with Crippen molar-refractivity contribution in [3.05, 3.63) is 51.4 Å². The number of aromatic nitrogens is 2. The molecule has 0 saturated heterocycles. The van der Waals surface area contributed by atoms with E-state index in [1.165, 1.54) is 6.21 Å². The van der Waals surface area contributed by atoms with Crippen LogP contribution < -0.4 is 15.7 Å². The number of aromatic amines is 2. The SMILES string of the molecule is CCOc1ccc(C=NNC(=O)Cc2c(C)[nH][nH]c2=O)cc1. The second-order valence-electron chi connectivity index (χ2n) is 4.65. The van der Waals surface area contributed by atoms with Gasteiger partial charge in [-0.15, -0.1) is 0 Å². The summed E-state index contributed by atoms with van der Waals surface area (Å²) < 4.78 is 5.33. The molecule has 0 bridgehead atoms. The number of aryl methyl sites for hydroxylation is 1. The number of hydrogen-bond donors (Lipinski definition) is 3. The molecular weight excluding hydrogens is 284 g/mol. The maximum Gasteiger partial charge on any atom is 0.267 e. The van der Waals surface area contributed by atoms with E-state index < -0.39 is 0 Å². The van der Waals surface area contributed by atoms with Gasteiger partial charge in [0.15, 0.2) is 0 Å². The monoisotopic (exact) mass is 302 g/mol. The lowest BCUT2D eigenvalue weighted by molar-refractivity contribution is -0.120. The molecule has 0 saturated carbocycles. The van der Waals surface area contributed by atoms with Crippen LogP contribution in [0.15, 0.2) is 34.2 Å². The smallest absolute Gasteiger partial charge is 0.267 e. The van der Waals surface area contributed by atoms with E-state index in [0.29, 0.717) is 17.9 Å². The van der Waals surface area contributed by atoms with E-state index in [4.69, 9.17) is 4.74 Å². The third kappa shape index (κ3) is 4.08. The van der Waals surface area contributed by atoms with Crippen LogP contribution in [0.5, 0.6) is 5.75 Å². The number of hydrazone groups is 1. The first-order valence-electron chi connectivity index (χ1n) is 6.91. The van der Waals surface area contributed by atoms with Gasteiger partial charge < -0.3 is 9.84 Å². The highest BCUT2D eigenvalue weighted by atomic mass is 16.5. The molecule has 0 aliphatic heterocycles. The van der Waals surface area contributed by atoms with Gasteiger partial charge in [0.05, 0.1) is 19.2 Å². The van der Waals surface area contributed by atoms with Crippen LogP contribution in [0.4, 0.5) is 0 Å². The van der Waals surface area contributed by atoms with Crippen LogP contribution in [0.25, 0.3) is 0 Å². The van der Waals surface area contributed by atoms with Crippen molar-refractivity contribution in [2.45, 2.75) is 20.3 Å². The molecule has 0 spiro atoms. The lowest BCUT2D eigenvalue weighted by Crippen LogP contribution is -2.23. The van der Waals surface area contributed by atoms with Gasteiger partial charge in [-0.25, -0.2) is 5.43 Å². The summed E-state index contributed by atoms with van der Waals surface area (Å²) in [7, 11) is 0. The number of ether oxygens (including phenoxy) is 1. The number of carbonyl (C=O) groups excluding carboxylic acids is 1. The molecule has 7 heteroatoms. The summed E-state index contributed by atoms with van der Waals surface area (Å²) in [5.74, 6) is 0.432. The normalized spacial score (nSPS) is 10.8.